The van der Waals surface area contributed by atoms with Crippen LogP contribution in [0.4, 0.5) is 4.79 Å². The van der Waals surface area contributed by atoms with Gasteiger partial charge in [0.05, 0.1) is 6.04 Å². The summed E-state index contributed by atoms with van der Waals surface area (Å²) >= 11 is 3.26. The molecule has 0 saturated heterocycles. The van der Waals surface area contributed by atoms with Crippen LogP contribution in [-0.4, -0.2) is 29.9 Å². The molecule has 0 aromatic carbocycles. The predicted octanol–water partition coefficient (Wildman–Crippen LogP) is 2.27. The van der Waals surface area contributed by atoms with E-state index in [0.29, 0.717) is 0 Å². The number of alkyl carbamates (subject to hydrolysis) is 1. The number of halogens is 1. The zero-order valence-electron chi connectivity index (χ0n) is 9.26. The summed E-state index contributed by atoms with van der Waals surface area (Å²) in [6, 6.07) is -0.144. The number of methoxy groups -OCH3 is 1. The Morgan fingerprint density at radius 1 is 1.43 bits per heavy atom. The van der Waals surface area contributed by atoms with Crippen LogP contribution in [0, 0.1) is 0 Å². The van der Waals surface area contributed by atoms with E-state index in [1.807, 2.05) is 27.7 Å². The van der Waals surface area contributed by atoms with Gasteiger partial charge in [0.2, 0.25) is 0 Å². The maximum Gasteiger partial charge on any atom is 0.407 e. The van der Waals surface area contributed by atoms with Crippen LogP contribution >= 0.6 is 15.9 Å². The molecule has 0 rings (SSSR count). The molecule has 1 N–H and O–H groups in total. The molecule has 14 heavy (non-hydrogen) atoms. The summed E-state index contributed by atoms with van der Waals surface area (Å²) in [6.07, 6.45) is -0.438. The third-order valence-electron chi connectivity index (χ3n) is 1.36. The molecule has 2 atom stereocenters. The molecule has 0 aliphatic heterocycles. The monoisotopic (exact) mass is 267 g/mol. The largest absolute Gasteiger partial charge is 0.444 e. The molecule has 1 amide bonds. The smallest absolute Gasteiger partial charge is 0.407 e. The number of hydrogen-bond donors (Lipinski definition) is 1. The van der Waals surface area contributed by atoms with E-state index < -0.39 is 11.7 Å². The van der Waals surface area contributed by atoms with E-state index in [1.54, 1.807) is 7.11 Å². The highest BCUT2D eigenvalue weighted by atomic mass is 79.9. The number of hydrogen-bond acceptors (Lipinski definition) is 3. The van der Waals surface area contributed by atoms with Gasteiger partial charge in [0.1, 0.15) is 10.6 Å². The van der Waals surface area contributed by atoms with Crippen molar-refractivity contribution in [1.29, 1.82) is 0 Å². The van der Waals surface area contributed by atoms with Gasteiger partial charge in [-0.3, -0.25) is 0 Å². The van der Waals surface area contributed by atoms with Crippen LogP contribution in [0.5, 0.6) is 0 Å². The van der Waals surface area contributed by atoms with Crippen molar-refractivity contribution in [2.24, 2.45) is 0 Å². The molecule has 0 aromatic rings. The molecule has 0 aliphatic carbocycles. The number of ether oxygens (including phenoxy) is 2. The van der Waals surface area contributed by atoms with Crippen molar-refractivity contribution >= 4 is 22.0 Å². The molecule has 1 unspecified atom stereocenters. The van der Waals surface area contributed by atoms with Gasteiger partial charge in [-0.1, -0.05) is 15.9 Å². The van der Waals surface area contributed by atoms with Gasteiger partial charge in [-0.05, 0) is 27.7 Å². The quantitative estimate of drug-likeness (QED) is 0.799. The zero-order chi connectivity index (χ0) is 11.4. The van der Waals surface area contributed by atoms with Gasteiger partial charge in [0, 0.05) is 7.11 Å². The maximum absolute atomic E-state index is 11.3. The second-order valence-electron chi connectivity index (χ2n) is 4.02. The minimum atomic E-state index is -0.474. The van der Waals surface area contributed by atoms with Gasteiger partial charge >= 0.3 is 6.09 Å². The Morgan fingerprint density at radius 2 is 1.93 bits per heavy atom. The highest BCUT2D eigenvalue weighted by molar-refractivity contribution is 9.09. The number of carbonyl (C=O) groups is 1. The normalized spacial score (nSPS) is 15.9. The lowest BCUT2D eigenvalue weighted by molar-refractivity contribution is 0.0464. The average molecular weight is 268 g/mol. The van der Waals surface area contributed by atoms with Gasteiger partial charge in [-0.2, -0.15) is 0 Å². The summed E-state index contributed by atoms with van der Waals surface area (Å²) in [5.41, 5.74) is -0.474. The topological polar surface area (TPSA) is 47.6 Å². The van der Waals surface area contributed by atoms with Crippen molar-refractivity contribution in [2.75, 3.05) is 7.11 Å². The van der Waals surface area contributed by atoms with Crippen molar-refractivity contribution in [3.8, 4) is 0 Å². The summed E-state index contributed by atoms with van der Waals surface area (Å²) in [4.78, 5) is 11.3. The van der Waals surface area contributed by atoms with Crippen LogP contribution < -0.4 is 5.32 Å². The van der Waals surface area contributed by atoms with E-state index in [1.165, 1.54) is 0 Å². The maximum atomic E-state index is 11.3. The lowest BCUT2D eigenvalue weighted by Gasteiger charge is -2.23. The predicted molar refractivity (Wildman–Crippen MR) is 58.6 cm³/mol. The van der Waals surface area contributed by atoms with Crippen molar-refractivity contribution < 1.29 is 14.3 Å². The third-order valence-corrected chi connectivity index (χ3v) is 2.53. The first kappa shape index (κ1) is 13.7. The van der Waals surface area contributed by atoms with Gasteiger partial charge < -0.3 is 14.8 Å². The fourth-order valence-corrected chi connectivity index (χ4v) is 0.895. The summed E-state index contributed by atoms with van der Waals surface area (Å²) < 4.78 is 10.1. The molecule has 0 fully saturated rings. The Balaban J connectivity index is 3.95. The van der Waals surface area contributed by atoms with E-state index in [4.69, 9.17) is 9.47 Å². The van der Waals surface area contributed by atoms with E-state index in [-0.39, 0.29) is 11.1 Å². The Morgan fingerprint density at radius 3 is 2.29 bits per heavy atom. The Hall–Kier alpha value is -0.290. The average Bonchev–Trinajstić information content (AvgIpc) is 1.99. The van der Waals surface area contributed by atoms with Crippen molar-refractivity contribution in [1.82, 2.24) is 5.32 Å². The number of rotatable bonds is 3. The Kier molecular flexibility index (Phi) is 5.44. The number of amides is 1. The molecular weight excluding hydrogens is 250 g/mol. The first-order valence-corrected chi connectivity index (χ1v) is 5.34. The lowest BCUT2D eigenvalue weighted by atomic mass is 10.2. The second-order valence-corrected chi connectivity index (χ2v) is 4.92. The van der Waals surface area contributed by atoms with Crippen molar-refractivity contribution in [3.63, 3.8) is 0 Å². The Bertz CT molecular complexity index is 191. The molecule has 0 bridgehead atoms. The molecule has 84 valence electrons. The summed E-state index contributed by atoms with van der Waals surface area (Å²) in [7, 11) is 1.56. The van der Waals surface area contributed by atoms with Crippen LogP contribution in [0.25, 0.3) is 0 Å². The molecule has 0 aromatic heterocycles. The van der Waals surface area contributed by atoms with Crippen LogP contribution in [0.3, 0.4) is 0 Å². The number of carbonyl (C=O) groups excluding carboxylic acids is 1. The molecule has 0 spiro atoms. The highest BCUT2D eigenvalue weighted by Gasteiger charge is 2.20. The van der Waals surface area contributed by atoms with Crippen molar-refractivity contribution in [3.05, 3.63) is 0 Å². The fourth-order valence-electron chi connectivity index (χ4n) is 0.763. The fraction of sp³-hybridized carbons (Fsp3) is 0.889. The minimum absolute atomic E-state index is 0.144. The highest BCUT2D eigenvalue weighted by Crippen LogP contribution is 2.09. The Labute approximate surface area is 93.5 Å². The molecule has 0 heterocycles. The van der Waals surface area contributed by atoms with Gasteiger partial charge in [-0.15, -0.1) is 0 Å². The van der Waals surface area contributed by atoms with E-state index in [0.717, 1.165) is 0 Å². The second kappa shape index (κ2) is 5.56. The van der Waals surface area contributed by atoms with Crippen molar-refractivity contribution in [2.45, 2.75) is 44.4 Å². The van der Waals surface area contributed by atoms with E-state index in [2.05, 4.69) is 21.2 Å². The molecule has 0 radical (unpaired) electrons. The van der Waals surface area contributed by atoms with E-state index in [9.17, 15) is 4.79 Å². The molecule has 0 saturated carbocycles. The molecule has 0 aliphatic rings. The minimum Gasteiger partial charge on any atom is -0.444 e. The summed E-state index contributed by atoms with van der Waals surface area (Å²) in [5, 5.41) is 2.44. The first-order chi connectivity index (χ1) is 6.26. The number of nitrogens with one attached hydrogen (secondary N) is 1. The molecule has 4 nitrogen and oxygen atoms in total. The van der Waals surface area contributed by atoms with Gasteiger partial charge in [0.15, 0.2) is 0 Å². The van der Waals surface area contributed by atoms with Gasteiger partial charge in [-0.25, -0.2) is 4.79 Å². The standard InChI is InChI=1S/C9H18BrNO3/c1-6(7(10)13-5)11-8(12)14-9(2,3)4/h6-7H,1-5H3,(H,11,12)/t6-,7?/m0/s1. The van der Waals surface area contributed by atoms with E-state index >= 15 is 0 Å². The van der Waals surface area contributed by atoms with Crippen LogP contribution in [-0.2, 0) is 9.47 Å². The number of alkyl halides is 1. The van der Waals surface area contributed by atoms with Crippen LogP contribution in [0.15, 0.2) is 0 Å². The lowest BCUT2D eigenvalue weighted by Crippen LogP contribution is -2.42. The zero-order valence-corrected chi connectivity index (χ0v) is 10.8. The van der Waals surface area contributed by atoms with Gasteiger partial charge in [0.25, 0.3) is 0 Å². The third kappa shape index (κ3) is 6.21. The summed E-state index contributed by atoms with van der Waals surface area (Å²) in [5.74, 6) is 0. The summed E-state index contributed by atoms with van der Waals surface area (Å²) in [6.45, 7) is 7.28. The first-order valence-electron chi connectivity index (χ1n) is 4.42. The molecule has 5 heteroatoms. The SMILES string of the molecule is COC(Br)[C@H](C)NC(=O)OC(C)(C)C. The van der Waals surface area contributed by atoms with Crippen LogP contribution in [0.1, 0.15) is 27.7 Å². The molecular formula is C9H18BrNO3. The van der Waals surface area contributed by atoms with Crippen LogP contribution in [0.2, 0.25) is 0 Å².